The third-order valence-corrected chi connectivity index (χ3v) is 3.06. The lowest BCUT2D eigenvalue weighted by Gasteiger charge is -2.38. The van der Waals surface area contributed by atoms with Crippen molar-refractivity contribution in [3.8, 4) is 0 Å². The van der Waals surface area contributed by atoms with Crippen LogP contribution < -0.4 is 0 Å². The van der Waals surface area contributed by atoms with Gasteiger partial charge in [0.1, 0.15) is 12.2 Å². The normalized spacial score (nSPS) is 41.0. The molecule has 0 bridgehead atoms. The van der Waals surface area contributed by atoms with Gasteiger partial charge in [-0.05, 0) is 6.42 Å². The van der Waals surface area contributed by atoms with Gasteiger partial charge in [0, 0.05) is 5.92 Å². The molecule has 5 atom stereocenters. The summed E-state index contributed by atoms with van der Waals surface area (Å²) in [4.78, 5) is 16.9. The van der Waals surface area contributed by atoms with Crippen molar-refractivity contribution in [3.63, 3.8) is 0 Å². The molecular weight excluding hydrogens is 243 g/mol. The third-order valence-electron chi connectivity index (χ3n) is 2.58. The van der Waals surface area contributed by atoms with E-state index >= 15 is 0 Å². The zero-order valence-corrected chi connectivity index (χ0v) is 9.14. The molecule has 0 aromatic heterocycles. The Morgan fingerprint density at radius 2 is 1.62 bits per heavy atom. The van der Waals surface area contributed by atoms with Gasteiger partial charge in [-0.3, -0.25) is 4.52 Å². The van der Waals surface area contributed by atoms with Crippen molar-refractivity contribution in [2.45, 2.75) is 30.8 Å². The second kappa shape index (κ2) is 5.07. The minimum Gasteiger partial charge on any atom is -0.390 e. The van der Waals surface area contributed by atoms with Crippen LogP contribution in [0.1, 0.15) is 6.42 Å². The lowest BCUT2D eigenvalue weighted by atomic mass is 9.81. The van der Waals surface area contributed by atoms with Gasteiger partial charge in [-0.25, -0.2) is 4.57 Å². The number of aliphatic hydroxyl groups is 4. The topological polar surface area (TPSA) is 148 Å². The van der Waals surface area contributed by atoms with Crippen LogP contribution in [0.25, 0.3) is 0 Å². The third kappa shape index (κ3) is 3.47. The number of hydrogen-bond acceptors (Lipinski definition) is 6. The summed E-state index contributed by atoms with van der Waals surface area (Å²) in [6, 6.07) is 0. The van der Waals surface area contributed by atoms with E-state index in [1.165, 1.54) is 0 Å². The zero-order chi connectivity index (χ0) is 12.5. The molecule has 1 saturated carbocycles. The van der Waals surface area contributed by atoms with E-state index in [9.17, 15) is 25.0 Å². The van der Waals surface area contributed by atoms with Crippen molar-refractivity contribution in [2.24, 2.45) is 5.92 Å². The second-order valence-electron chi connectivity index (χ2n) is 3.82. The van der Waals surface area contributed by atoms with Gasteiger partial charge in [0.25, 0.3) is 0 Å². The lowest BCUT2D eigenvalue weighted by molar-refractivity contribution is -0.162. The second-order valence-corrected chi connectivity index (χ2v) is 5.06. The van der Waals surface area contributed by atoms with Gasteiger partial charge in [-0.15, -0.1) is 0 Å². The summed E-state index contributed by atoms with van der Waals surface area (Å²) in [6.07, 6.45) is -5.80. The quantitative estimate of drug-likeness (QED) is 0.306. The summed E-state index contributed by atoms with van der Waals surface area (Å²) in [5.74, 6) is -0.846. The van der Waals surface area contributed by atoms with Gasteiger partial charge >= 0.3 is 7.82 Å². The molecule has 0 aromatic rings. The molecule has 9 heteroatoms. The van der Waals surface area contributed by atoms with E-state index in [0.29, 0.717) is 0 Å². The molecule has 0 aliphatic heterocycles. The van der Waals surface area contributed by atoms with E-state index in [-0.39, 0.29) is 6.42 Å². The predicted molar refractivity (Wildman–Crippen MR) is 50.1 cm³/mol. The molecule has 1 aliphatic rings. The minimum atomic E-state index is -4.65. The van der Waals surface area contributed by atoms with Crippen LogP contribution in [0.5, 0.6) is 0 Å². The van der Waals surface area contributed by atoms with Crippen molar-refractivity contribution in [2.75, 3.05) is 6.61 Å². The average Bonchev–Trinajstić information content (AvgIpc) is 2.17. The first-order chi connectivity index (χ1) is 7.22. The molecule has 0 aromatic carbocycles. The Hall–Kier alpha value is -0.0500. The summed E-state index contributed by atoms with van der Waals surface area (Å²) in [5.41, 5.74) is 0. The molecule has 0 heterocycles. The Kier molecular flexibility index (Phi) is 4.44. The predicted octanol–water partition coefficient (Wildman–Crippen LogP) is -2.44. The first kappa shape index (κ1) is 14.0. The van der Waals surface area contributed by atoms with Gasteiger partial charge in [0.2, 0.25) is 0 Å². The molecule has 6 N–H and O–H groups in total. The molecule has 0 saturated heterocycles. The van der Waals surface area contributed by atoms with E-state index in [1.54, 1.807) is 0 Å². The number of aliphatic hydroxyl groups excluding tert-OH is 4. The summed E-state index contributed by atoms with van der Waals surface area (Å²) < 4.78 is 14.6. The molecule has 1 fully saturated rings. The van der Waals surface area contributed by atoms with Gasteiger partial charge in [0.05, 0.1) is 18.8 Å². The van der Waals surface area contributed by atoms with Crippen molar-refractivity contribution in [1.82, 2.24) is 0 Å². The molecule has 0 radical (unpaired) electrons. The summed E-state index contributed by atoms with van der Waals surface area (Å²) >= 11 is 0. The molecule has 16 heavy (non-hydrogen) atoms. The van der Waals surface area contributed by atoms with Crippen LogP contribution in [0.15, 0.2) is 0 Å². The molecule has 1 rings (SSSR count). The van der Waals surface area contributed by atoms with Crippen molar-refractivity contribution in [1.29, 1.82) is 0 Å². The van der Waals surface area contributed by atoms with Gasteiger partial charge in [0.15, 0.2) is 0 Å². The highest BCUT2D eigenvalue weighted by Crippen LogP contribution is 2.38. The van der Waals surface area contributed by atoms with Crippen LogP contribution in [0.3, 0.4) is 0 Å². The fraction of sp³-hybridized carbons (Fsp3) is 1.00. The minimum absolute atomic E-state index is 0.112. The number of phosphoric ester groups is 1. The summed E-state index contributed by atoms with van der Waals surface area (Å²) in [7, 11) is -4.65. The maximum absolute atomic E-state index is 10.4. The van der Waals surface area contributed by atoms with E-state index in [0.717, 1.165) is 0 Å². The van der Waals surface area contributed by atoms with Gasteiger partial charge < -0.3 is 30.2 Å². The Balaban J connectivity index is 2.57. The van der Waals surface area contributed by atoms with E-state index in [4.69, 9.17) is 9.79 Å². The fourth-order valence-electron chi connectivity index (χ4n) is 1.66. The zero-order valence-electron chi connectivity index (χ0n) is 8.25. The van der Waals surface area contributed by atoms with Crippen LogP contribution in [-0.2, 0) is 9.09 Å². The maximum Gasteiger partial charge on any atom is 0.469 e. The Bertz CT molecular complexity index is 278. The highest BCUT2D eigenvalue weighted by Gasteiger charge is 2.42. The monoisotopic (exact) mass is 258 g/mol. The van der Waals surface area contributed by atoms with E-state index < -0.39 is 44.8 Å². The van der Waals surface area contributed by atoms with Crippen LogP contribution >= 0.6 is 7.82 Å². The van der Waals surface area contributed by atoms with Crippen LogP contribution in [0, 0.1) is 5.92 Å². The van der Waals surface area contributed by atoms with E-state index in [2.05, 4.69) is 4.52 Å². The smallest absolute Gasteiger partial charge is 0.390 e. The SMILES string of the molecule is O=P(O)(O)OC[C@H]1C[C@@H](O)[C@H](O)[C@@H](O)[C@@H]1O. The first-order valence-corrected chi connectivity index (χ1v) is 6.17. The van der Waals surface area contributed by atoms with Crippen molar-refractivity contribution < 1.29 is 39.3 Å². The molecule has 96 valence electrons. The largest absolute Gasteiger partial charge is 0.469 e. The molecule has 0 unspecified atom stereocenters. The summed E-state index contributed by atoms with van der Waals surface area (Å²) in [5, 5.41) is 37.3. The van der Waals surface area contributed by atoms with E-state index in [1.807, 2.05) is 0 Å². The maximum atomic E-state index is 10.4. The first-order valence-electron chi connectivity index (χ1n) is 4.64. The Morgan fingerprint density at radius 1 is 1.06 bits per heavy atom. The number of phosphoric acid groups is 1. The summed E-state index contributed by atoms with van der Waals surface area (Å²) in [6.45, 7) is -0.508. The van der Waals surface area contributed by atoms with Crippen molar-refractivity contribution in [3.05, 3.63) is 0 Å². The molecule has 0 spiro atoms. The van der Waals surface area contributed by atoms with Crippen LogP contribution in [-0.4, -0.2) is 61.2 Å². The molecule has 1 aliphatic carbocycles. The van der Waals surface area contributed by atoms with Gasteiger partial charge in [-0.1, -0.05) is 0 Å². The fourth-order valence-corrected chi connectivity index (χ4v) is 2.04. The Morgan fingerprint density at radius 3 is 2.12 bits per heavy atom. The van der Waals surface area contributed by atoms with Gasteiger partial charge in [-0.2, -0.15) is 0 Å². The Labute approximate surface area is 91.4 Å². The number of rotatable bonds is 3. The van der Waals surface area contributed by atoms with Crippen LogP contribution in [0.4, 0.5) is 0 Å². The molecule has 0 amide bonds. The standard InChI is InChI=1S/C7H15O8P/c8-4-1-3(2-15-16(12,13)14)5(9)7(11)6(4)10/h3-11H,1-2H2,(H2,12,13,14)/t3-,4-,5-,6+,7+/m1/s1. The van der Waals surface area contributed by atoms with Crippen molar-refractivity contribution >= 4 is 7.82 Å². The average molecular weight is 258 g/mol. The molecule has 8 nitrogen and oxygen atoms in total. The lowest BCUT2D eigenvalue weighted by Crippen LogP contribution is -2.54. The highest BCUT2D eigenvalue weighted by molar-refractivity contribution is 7.46. The van der Waals surface area contributed by atoms with Crippen LogP contribution in [0.2, 0.25) is 0 Å². The molecular formula is C7H15O8P. The highest BCUT2D eigenvalue weighted by atomic mass is 31.2. The number of hydrogen-bond donors (Lipinski definition) is 6.